The molecule has 0 bridgehead atoms. The molecule has 0 aliphatic heterocycles. The lowest BCUT2D eigenvalue weighted by atomic mass is 10.2. The third-order valence-electron chi connectivity index (χ3n) is 3.60. The van der Waals surface area contributed by atoms with Gasteiger partial charge in [-0.2, -0.15) is 0 Å². The Balaban J connectivity index is 1.66. The second-order valence-electron chi connectivity index (χ2n) is 6.35. The molecule has 1 amide bonds. The molecule has 0 radical (unpaired) electrons. The van der Waals surface area contributed by atoms with Crippen LogP contribution in [0.15, 0.2) is 53.1 Å². The van der Waals surface area contributed by atoms with Crippen molar-refractivity contribution in [1.29, 1.82) is 0 Å². The Labute approximate surface area is 167 Å². The van der Waals surface area contributed by atoms with Crippen molar-refractivity contribution in [3.05, 3.63) is 64.5 Å². The molecule has 0 atom stereocenters. The van der Waals surface area contributed by atoms with E-state index in [-0.39, 0.29) is 17.5 Å². The van der Waals surface area contributed by atoms with Gasteiger partial charge in [-0.25, -0.2) is 4.98 Å². The molecule has 0 unspecified atom stereocenters. The van der Waals surface area contributed by atoms with Crippen LogP contribution >= 0.6 is 23.2 Å². The van der Waals surface area contributed by atoms with Crippen LogP contribution in [0.25, 0.3) is 11.5 Å². The van der Waals surface area contributed by atoms with Crippen molar-refractivity contribution in [3.63, 3.8) is 0 Å². The number of anilines is 1. The van der Waals surface area contributed by atoms with E-state index in [0.717, 1.165) is 5.75 Å². The van der Waals surface area contributed by atoms with Gasteiger partial charge in [0.2, 0.25) is 5.89 Å². The fourth-order valence-corrected chi connectivity index (χ4v) is 2.53. The normalized spacial score (nSPS) is 10.9. The standard InChI is InChI=1S/C20H18Cl2N2O3/c1-12(2)10-26-15-6-4-14(5-7-15)23-19(25)18-11-27-20(24-18)13-3-8-16(21)17(22)9-13/h3-9,11-12H,10H2,1-2H3,(H,23,25). The number of amides is 1. The largest absolute Gasteiger partial charge is 0.493 e. The average molecular weight is 405 g/mol. The Morgan fingerprint density at radius 2 is 1.89 bits per heavy atom. The molecule has 7 heteroatoms. The van der Waals surface area contributed by atoms with Crippen LogP contribution in [0.4, 0.5) is 5.69 Å². The third kappa shape index (κ3) is 5.02. The predicted octanol–water partition coefficient (Wildman–Crippen LogP) is 5.94. The third-order valence-corrected chi connectivity index (χ3v) is 4.34. The summed E-state index contributed by atoms with van der Waals surface area (Å²) in [6, 6.07) is 12.2. The average Bonchev–Trinajstić information content (AvgIpc) is 3.13. The van der Waals surface area contributed by atoms with Crippen molar-refractivity contribution < 1.29 is 13.9 Å². The molecule has 1 aromatic heterocycles. The molecule has 0 saturated heterocycles. The number of ether oxygens (including phenoxy) is 1. The molecule has 1 heterocycles. The van der Waals surface area contributed by atoms with Crippen LogP contribution in [0.5, 0.6) is 5.75 Å². The zero-order valence-corrected chi connectivity index (χ0v) is 16.3. The summed E-state index contributed by atoms with van der Waals surface area (Å²) in [4.78, 5) is 16.6. The van der Waals surface area contributed by atoms with Crippen LogP contribution in [-0.4, -0.2) is 17.5 Å². The highest BCUT2D eigenvalue weighted by atomic mass is 35.5. The summed E-state index contributed by atoms with van der Waals surface area (Å²) in [7, 11) is 0. The summed E-state index contributed by atoms with van der Waals surface area (Å²) in [6.45, 7) is 4.81. The van der Waals surface area contributed by atoms with Gasteiger partial charge in [0.15, 0.2) is 5.69 Å². The van der Waals surface area contributed by atoms with Crippen molar-refractivity contribution in [3.8, 4) is 17.2 Å². The maximum absolute atomic E-state index is 12.4. The molecule has 3 aromatic rings. The van der Waals surface area contributed by atoms with E-state index in [1.165, 1.54) is 6.26 Å². The van der Waals surface area contributed by atoms with Gasteiger partial charge in [-0.15, -0.1) is 0 Å². The minimum absolute atomic E-state index is 0.163. The molecule has 0 aliphatic rings. The van der Waals surface area contributed by atoms with Gasteiger partial charge in [-0.05, 0) is 48.4 Å². The number of aromatic nitrogens is 1. The van der Waals surface area contributed by atoms with E-state index in [1.54, 1.807) is 30.3 Å². The molecule has 0 aliphatic carbocycles. The smallest absolute Gasteiger partial charge is 0.277 e. The number of carbonyl (C=O) groups excluding carboxylic acids is 1. The molecular formula is C20H18Cl2N2O3. The summed E-state index contributed by atoms with van der Waals surface area (Å²) in [5, 5.41) is 3.59. The van der Waals surface area contributed by atoms with Gasteiger partial charge in [0.25, 0.3) is 5.91 Å². The first kappa shape index (κ1) is 19.3. The van der Waals surface area contributed by atoms with E-state index in [4.69, 9.17) is 32.4 Å². The number of halogens is 2. The number of hydrogen-bond donors (Lipinski definition) is 1. The van der Waals surface area contributed by atoms with Crippen LogP contribution in [0.3, 0.4) is 0 Å². The van der Waals surface area contributed by atoms with Crippen LogP contribution < -0.4 is 10.1 Å². The molecule has 1 N–H and O–H groups in total. The van der Waals surface area contributed by atoms with Crippen LogP contribution in [0, 0.1) is 5.92 Å². The van der Waals surface area contributed by atoms with Crippen molar-refractivity contribution in [2.45, 2.75) is 13.8 Å². The van der Waals surface area contributed by atoms with Crippen molar-refractivity contribution in [2.24, 2.45) is 5.92 Å². The Kier molecular flexibility index (Phi) is 6.04. The van der Waals surface area contributed by atoms with Gasteiger partial charge in [-0.1, -0.05) is 37.0 Å². The zero-order chi connectivity index (χ0) is 19.4. The first-order chi connectivity index (χ1) is 12.9. The van der Waals surface area contributed by atoms with E-state index in [9.17, 15) is 4.79 Å². The van der Waals surface area contributed by atoms with Gasteiger partial charge in [0.1, 0.15) is 12.0 Å². The summed E-state index contributed by atoms with van der Waals surface area (Å²) in [6.07, 6.45) is 1.30. The van der Waals surface area contributed by atoms with Gasteiger partial charge >= 0.3 is 0 Å². The zero-order valence-electron chi connectivity index (χ0n) is 14.8. The predicted molar refractivity (Wildman–Crippen MR) is 107 cm³/mol. The Morgan fingerprint density at radius 3 is 2.56 bits per heavy atom. The lowest BCUT2D eigenvalue weighted by molar-refractivity contribution is 0.102. The number of benzene rings is 2. The molecule has 3 rings (SSSR count). The van der Waals surface area contributed by atoms with E-state index in [2.05, 4.69) is 24.1 Å². The molecular weight excluding hydrogens is 387 g/mol. The van der Waals surface area contributed by atoms with Crippen LogP contribution in [-0.2, 0) is 0 Å². The number of nitrogens with one attached hydrogen (secondary N) is 1. The summed E-state index contributed by atoms with van der Waals surface area (Å²) >= 11 is 11.9. The highest BCUT2D eigenvalue weighted by Gasteiger charge is 2.14. The monoisotopic (exact) mass is 404 g/mol. The fourth-order valence-electron chi connectivity index (χ4n) is 2.23. The van der Waals surface area contributed by atoms with Gasteiger partial charge < -0.3 is 14.5 Å². The van der Waals surface area contributed by atoms with Gasteiger partial charge in [0.05, 0.1) is 16.7 Å². The number of oxazole rings is 1. The van der Waals surface area contributed by atoms with E-state index >= 15 is 0 Å². The van der Waals surface area contributed by atoms with E-state index in [1.807, 2.05) is 12.1 Å². The first-order valence-corrected chi connectivity index (χ1v) is 9.13. The summed E-state index contributed by atoms with van der Waals surface area (Å²) in [5.41, 5.74) is 1.43. The van der Waals surface area contributed by atoms with Gasteiger partial charge in [0, 0.05) is 11.3 Å². The maximum Gasteiger partial charge on any atom is 0.277 e. The molecule has 5 nitrogen and oxygen atoms in total. The second-order valence-corrected chi connectivity index (χ2v) is 7.16. The number of hydrogen-bond acceptors (Lipinski definition) is 4. The van der Waals surface area contributed by atoms with Crippen molar-refractivity contribution >= 4 is 34.8 Å². The minimum atomic E-state index is -0.374. The molecule has 140 valence electrons. The van der Waals surface area contributed by atoms with Crippen LogP contribution in [0.1, 0.15) is 24.3 Å². The molecule has 0 saturated carbocycles. The molecule has 2 aromatic carbocycles. The van der Waals surface area contributed by atoms with Crippen molar-refractivity contribution in [2.75, 3.05) is 11.9 Å². The summed E-state index contributed by atoms with van der Waals surface area (Å²) in [5.74, 6) is 1.11. The lowest BCUT2D eigenvalue weighted by Gasteiger charge is -2.09. The lowest BCUT2D eigenvalue weighted by Crippen LogP contribution is -2.12. The fraction of sp³-hybridized carbons (Fsp3) is 0.200. The second kappa shape index (κ2) is 8.46. The molecule has 27 heavy (non-hydrogen) atoms. The maximum atomic E-state index is 12.4. The highest BCUT2D eigenvalue weighted by molar-refractivity contribution is 6.42. The minimum Gasteiger partial charge on any atom is -0.493 e. The number of nitrogens with zero attached hydrogens (tertiary/aromatic N) is 1. The topological polar surface area (TPSA) is 64.4 Å². The van der Waals surface area contributed by atoms with E-state index < -0.39 is 0 Å². The van der Waals surface area contributed by atoms with E-state index in [0.29, 0.717) is 33.8 Å². The van der Waals surface area contributed by atoms with Crippen molar-refractivity contribution in [1.82, 2.24) is 4.98 Å². The quantitative estimate of drug-likeness (QED) is 0.552. The molecule has 0 fully saturated rings. The first-order valence-electron chi connectivity index (χ1n) is 8.37. The number of carbonyl (C=O) groups is 1. The van der Waals surface area contributed by atoms with Gasteiger partial charge in [-0.3, -0.25) is 4.79 Å². The SMILES string of the molecule is CC(C)COc1ccc(NC(=O)c2coc(-c3ccc(Cl)c(Cl)c3)n2)cc1. The number of rotatable bonds is 6. The Bertz CT molecular complexity index is 937. The highest BCUT2D eigenvalue weighted by Crippen LogP contribution is 2.28. The Morgan fingerprint density at radius 1 is 1.15 bits per heavy atom. The molecule has 0 spiro atoms. The summed E-state index contributed by atoms with van der Waals surface area (Å²) < 4.78 is 11.0. The Hall–Kier alpha value is -2.50. The van der Waals surface area contributed by atoms with Crippen LogP contribution in [0.2, 0.25) is 10.0 Å².